The molecule has 3 heteroatoms. The second kappa shape index (κ2) is 7.08. The van der Waals surface area contributed by atoms with Crippen LogP contribution in [0.5, 0.6) is 0 Å². The summed E-state index contributed by atoms with van der Waals surface area (Å²) in [6.45, 7) is 0. The van der Waals surface area contributed by atoms with E-state index in [4.69, 9.17) is 4.99 Å². The molecule has 0 bridgehead atoms. The fourth-order valence-corrected chi connectivity index (χ4v) is 2.79. The molecule has 0 aromatic heterocycles. The molecular formula is C23H17N3. The van der Waals surface area contributed by atoms with Crippen molar-refractivity contribution in [2.45, 2.75) is 5.54 Å². The third-order valence-corrected chi connectivity index (χ3v) is 4.14. The monoisotopic (exact) mass is 335 g/mol. The van der Waals surface area contributed by atoms with E-state index in [1.165, 1.54) is 0 Å². The molecule has 1 aliphatic heterocycles. The van der Waals surface area contributed by atoms with E-state index < -0.39 is 5.54 Å². The van der Waals surface area contributed by atoms with E-state index in [-0.39, 0.29) is 0 Å². The van der Waals surface area contributed by atoms with Crippen LogP contribution in [-0.4, -0.2) is 12.1 Å². The molecule has 3 aromatic rings. The normalized spacial score (nSPS) is 18.2. The lowest BCUT2D eigenvalue weighted by Gasteiger charge is -2.25. The first kappa shape index (κ1) is 15.9. The van der Waals surface area contributed by atoms with E-state index in [0.29, 0.717) is 5.84 Å². The SMILES string of the molecule is C(#CC1(c2ccccc2)C=NNC(c2ccccc2)=N1)c1ccccc1. The maximum Gasteiger partial charge on any atom is 0.185 e. The lowest BCUT2D eigenvalue weighted by Crippen LogP contribution is -2.35. The Balaban J connectivity index is 1.84. The molecule has 1 unspecified atom stereocenters. The van der Waals surface area contributed by atoms with Gasteiger partial charge in [0.25, 0.3) is 0 Å². The number of amidine groups is 1. The Hall–Kier alpha value is -3.64. The third-order valence-electron chi connectivity index (χ3n) is 4.14. The molecule has 1 aliphatic rings. The van der Waals surface area contributed by atoms with Gasteiger partial charge in [-0.15, -0.1) is 0 Å². The van der Waals surface area contributed by atoms with Gasteiger partial charge in [0.15, 0.2) is 11.4 Å². The highest BCUT2D eigenvalue weighted by molar-refractivity contribution is 6.02. The van der Waals surface area contributed by atoms with Crippen molar-refractivity contribution in [3.05, 3.63) is 108 Å². The second-order valence-electron chi connectivity index (χ2n) is 5.94. The van der Waals surface area contributed by atoms with Gasteiger partial charge < -0.3 is 0 Å². The molecule has 3 nitrogen and oxygen atoms in total. The fraction of sp³-hybridized carbons (Fsp3) is 0.0435. The summed E-state index contributed by atoms with van der Waals surface area (Å²) in [5.74, 6) is 7.30. The van der Waals surface area contributed by atoms with Gasteiger partial charge in [-0.05, 0) is 17.7 Å². The van der Waals surface area contributed by atoms with Crippen LogP contribution in [0.1, 0.15) is 16.7 Å². The van der Waals surface area contributed by atoms with Gasteiger partial charge in [-0.1, -0.05) is 90.7 Å². The average molecular weight is 335 g/mol. The predicted octanol–water partition coefficient (Wildman–Crippen LogP) is 3.97. The number of rotatable bonds is 2. The number of aliphatic imine (C=N–C) groups is 1. The van der Waals surface area contributed by atoms with Crippen LogP contribution in [0.2, 0.25) is 0 Å². The summed E-state index contributed by atoms with van der Waals surface area (Å²) in [7, 11) is 0. The van der Waals surface area contributed by atoms with Crippen molar-refractivity contribution >= 4 is 12.1 Å². The molecule has 1 heterocycles. The van der Waals surface area contributed by atoms with E-state index in [1.54, 1.807) is 6.21 Å². The average Bonchev–Trinajstić information content (AvgIpc) is 2.74. The quantitative estimate of drug-likeness (QED) is 0.707. The minimum atomic E-state index is -0.826. The molecular weight excluding hydrogens is 318 g/mol. The van der Waals surface area contributed by atoms with Crippen molar-refractivity contribution in [3.8, 4) is 11.8 Å². The first-order chi connectivity index (χ1) is 12.9. The van der Waals surface area contributed by atoms with E-state index in [9.17, 15) is 0 Å². The van der Waals surface area contributed by atoms with Gasteiger partial charge in [0.1, 0.15) is 0 Å². The lowest BCUT2D eigenvalue weighted by atomic mass is 9.91. The van der Waals surface area contributed by atoms with Gasteiger partial charge in [0.2, 0.25) is 0 Å². The largest absolute Gasteiger partial charge is 0.261 e. The minimum Gasteiger partial charge on any atom is -0.261 e. The third kappa shape index (κ3) is 3.26. The lowest BCUT2D eigenvalue weighted by molar-refractivity contribution is 0.764. The van der Waals surface area contributed by atoms with Gasteiger partial charge in [-0.3, -0.25) is 5.43 Å². The van der Waals surface area contributed by atoms with E-state index in [2.05, 4.69) is 22.4 Å². The molecule has 4 rings (SSSR count). The van der Waals surface area contributed by atoms with Gasteiger partial charge in [-0.2, -0.15) is 5.10 Å². The van der Waals surface area contributed by atoms with Gasteiger partial charge >= 0.3 is 0 Å². The van der Waals surface area contributed by atoms with Crippen LogP contribution in [0.4, 0.5) is 0 Å². The van der Waals surface area contributed by atoms with Crippen molar-refractivity contribution < 1.29 is 0 Å². The molecule has 0 saturated heterocycles. The van der Waals surface area contributed by atoms with E-state index in [0.717, 1.165) is 16.7 Å². The topological polar surface area (TPSA) is 36.8 Å². The standard InChI is InChI=1S/C23H17N3/c1-4-10-19(11-5-1)16-17-23(21-14-8-3-9-15-21)18-24-26-22(25-23)20-12-6-2-7-13-20/h1-15,18H,(H,25,26). The zero-order valence-corrected chi connectivity index (χ0v) is 14.1. The molecule has 0 radical (unpaired) electrons. The Morgan fingerprint density at radius 1 is 0.731 bits per heavy atom. The summed E-state index contributed by atoms with van der Waals surface area (Å²) < 4.78 is 0. The summed E-state index contributed by atoms with van der Waals surface area (Å²) in [6.07, 6.45) is 1.77. The highest BCUT2D eigenvalue weighted by Crippen LogP contribution is 2.26. The van der Waals surface area contributed by atoms with E-state index in [1.807, 2.05) is 91.0 Å². The van der Waals surface area contributed by atoms with Crippen molar-refractivity contribution in [2.24, 2.45) is 10.1 Å². The molecule has 1 N–H and O–H groups in total. The van der Waals surface area contributed by atoms with Gasteiger partial charge in [0, 0.05) is 11.1 Å². The molecule has 0 fully saturated rings. The van der Waals surface area contributed by atoms with Crippen molar-refractivity contribution in [1.82, 2.24) is 5.43 Å². The Morgan fingerprint density at radius 3 is 2.04 bits per heavy atom. The molecule has 1 atom stereocenters. The number of nitrogens with zero attached hydrogens (tertiary/aromatic N) is 2. The number of hydrogen-bond donors (Lipinski definition) is 1. The zero-order chi connectivity index (χ0) is 17.7. The van der Waals surface area contributed by atoms with Gasteiger partial charge in [0.05, 0.1) is 6.21 Å². The smallest absolute Gasteiger partial charge is 0.185 e. The Morgan fingerprint density at radius 2 is 1.35 bits per heavy atom. The molecule has 124 valence electrons. The van der Waals surface area contributed by atoms with E-state index >= 15 is 0 Å². The Labute approximate surface area is 153 Å². The predicted molar refractivity (Wildman–Crippen MR) is 106 cm³/mol. The first-order valence-electron chi connectivity index (χ1n) is 8.45. The summed E-state index contributed by atoms with van der Waals surface area (Å²) in [6, 6.07) is 29.9. The van der Waals surface area contributed by atoms with Crippen LogP contribution >= 0.6 is 0 Å². The van der Waals surface area contributed by atoms with Crippen LogP contribution in [0.3, 0.4) is 0 Å². The van der Waals surface area contributed by atoms with Crippen LogP contribution in [0, 0.1) is 11.8 Å². The molecule has 0 saturated carbocycles. The highest BCUT2D eigenvalue weighted by Gasteiger charge is 2.31. The second-order valence-corrected chi connectivity index (χ2v) is 5.94. The van der Waals surface area contributed by atoms with Crippen LogP contribution in [0.15, 0.2) is 101 Å². The first-order valence-corrected chi connectivity index (χ1v) is 8.45. The highest BCUT2D eigenvalue weighted by atomic mass is 15.3. The summed E-state index contributed by atoms with van der Waals surface area (Å²) in [4.78, 5) is 4.95. The van der Waals surface area contributed by atoms with Crippen molar-refractivity contribution in [2.75, 3.05) is 0 Å². The maximum absolute atomic E-state index is 4.95. The summed E-state index contributed by atoms with van der Waals surface area (Å²) in [5.41, 5.74) is 5.10. The number of hydrazone groups is 1. The molecule has 0 amide bonds. The minimum absolute atomic E-state index is 0.708. The van der Waals surface area contributed by atoms with Crippen LogP contribution in [0.25, 0.3) is 0 Å². The number of benzene rings is 3. The van der Waals surface area contributed by atoms with Crippen molar-refractivity contribution in [3.63, 3.8) is 0 Å². The fourth-order valence-electron chi connectivity index (χ4n) is 2.79. The maximum atomic E-state index is 4.95. The number of hydrogen-bond acceptors (Lipinski definition) is 3. The molecule has 0 spiro atoms. The van der Waals surface area contributed by atoms with Gasteiger partial charge in [-0.25, -0.2) is 4.99 Å². The summed E-state index contributed by atoms with van der Waals surface area (Å²) >= 11 is 0. The molecule has 0 aliphatic carbocycles. The number of nitrogens with one attached hydrogen (secondary N) is 1. The Bertz CT molecular complexity index is 997. The zero-order valence-electron chi connectivity index (χ0n) is 14.1. The summed E-state index contributed by atoms with van der Waals surface area (Å²) in [5, 5.41) is 4.37. The molecule has 3 aromatic carbocycles. The van der Waals surface area contributed by atoms with Crippen molar-refractivity contribution in [1.29, 1.82) is 0 Å². The van der Waals surface area contributed by atoms with Crippen LogP contribution in [-0.2, 0) is 5.54 Å². The van der Waals surface area contributed by atoms with Crippen LogP contribution < -0.4 is 5.43 Å². The molecule has 26 heavy (non-hydrogen) atoms. The Kier molecular flexibility index (Phi) is 4.32.